The summed E-state index contributed by atoms with van der Waals surface area (Å²) in [7, 11) is 0. The van der Waals surface area contributed by atoms with E-state index >= 15 is 0 Å². The molecule has 0 radical (unpaired) electrons. The Balaban J connectivity index is 2.73. The Morgan fingerprint density at radius 3 is 2.25 bits per heavy atom. The molecule has 1 amide bonds. The maximum atomic E-state index is 12.1. The predicted octanol–water partition coefficient (Wildman–Crippen LogP) is 1.94. The van der Waals surface area contributed by atoms with Crippen molar-refractivity contribution in [3.63, 3.8) is 0 Å². The molecule has 0 saturated heterocycles. The number of amides is 1. The molecule has 0 bridgehead atoms. The molecule has 0 aliphatic heterocycles. The number of carboxylic acid groups (broad SMARTS) is 1. The molecule has 0 aromatic rings. The van der Waals surface area contributed by atoms with Crippen molar-refractivity contribution in [2.45, 2.75) is 58.4 Å². The van der Waals surface area contributed by atoms with Crippen molar-refractivity contribution in [1.29, 1.82) is 0 Å². The standard InChI is InChI=1S/C12H21NO3/c1-4-12(3,10(15)16)13-9(14)11(2)7-5-6-8-11/h4-8H2,1-3H3,(H,13,14)(H,15,16). The van der Waals surface area contributed by atoms with Gasteiger partial charge >= 0.3 is 5.97 Å². The molecule has 0 spiro atoms. The predicted molar refractivity (Wildman–Crippen MR) is 61.0 cm³/mol. The quantitative estimate of drug-likeness (QED) is 0.771. The second-order valence-electron chi connectivity index (χ2n) is 5.21. The molecule has 0 aromatic carbocycles. The van der Waals surface area contributed by atoms with Gasteiger partial charge in [0.15, 0.2) is 0 Å². The molecule has 0 aromatic heterocycles. The first-order valence-electron chi connectivity index (χ1n) is 5.90. The maximum Gasteiger partial charge on any atom is 0.329 e. The van der Waals surface area contributed by atoms with Crippen LogP contribution >= 0.6 is 0 Å². The summed E-state index contributed by atoms with van der Waals surface area (Å²) < 4.78 is 0. The number of hydrogen-bond donors (Lipinski definition) is 2. The van der Waals surface area contributed by atoms with E-state index in [1.54, 1.807) is 13.8 Å². The molecule has 1 fully saturated rings. The highest BCUT2D eigenvalue weighted by atomic mass is 16.4. The Kier molecular flexibility index (Phi) is 3.61. The van der Waals surface area contributed by atoms with Gasteiger partial charge in [-0.1, -0.05) is 26.7 Å². The van der Waals surface area contributed by atoms with E-state index in [1.807, 2.05) is 6.92 Å². The lowest BCUT2D eigenvalue weighted by Gasteiger charge is -2.30. The van der Waals surface area contributed by atoms with Crippen LogP contribution in [0.4, 0.5) is 0 Å². The first-order valence-corrected chi connectivity index (χ1v) is 5.90. The van der Waals surface area contributed by atoms with Gasteiger partial charge in [-0.3, -0.25) is 4.79 Å². The lowest BCUT2D eigenvalue weighted by molar-refractivity contribution is -0.148. The van der Waals surface area contributed by atoms with Gasteiger partial charge in [0.1, 0.15) is 5.54 Å². The van der Waals surface area contributed by atoms with Gasteiger partial charge in [-0.25, -0.2) is 4.79 Å². The molecule has 1 rings (SSSR count). The highest BCUT2D eigenvalue weighted by Gasteiger charge is 2.41. The van der Waals surface area contributed by atoms with E-state index in [0.29, 0.717) is 6.42 Å². The molecule has 2 N–H and O–H groups in total. The normalized spacial score (nSPS) is 22.4. The molecule has 16 heavy (non-hydrogen) atoms. The summed E-state index contributed by atoms with van der Waals surface area (Å²) in [5.74, 6) is -1.08. The van der Waals surface area contributed by atoms with E-state index in [4.69, 9.17) is 5.11 Å². The Morgan fingerprint density at radius 1 is 1.38 bits per heavy atom. The van der Waals surface area contributed by atoms with Gasteiger partial charge in [-0.15, -0.1) is 0 Å². The smallest absolute Gasteiger partial charge is 0.329 e. The zero-order valence-corrected chi connectivity index (χ0v) is 10.3. The van der Waals surface area contributed by atoms with Crippen LogP contribution in [-0.4, -0.2) is 22.5 Å². The van der Waals surface area contributed by atoms with Crippen molar-refractivity contribution >= 4 is 11.9 Å². The molecule has 92 valence electrons. The summed E-state index contributed by atoms with van der Waals surface area (Å²) in [4.78, 5) is 23.2. The number of carbonyl (C=O) groups is 2. The topological polar surface area (TPSA) is 66.4 Å². The van der Waals surface area contributed by atoms with Crippen LogP contribution < -0.4 is 5.32 Å². The number of carbonyl (C=O) groups excluding carboxylic acids is 1. The van der Waals surface area contributed by atoms with E-state index in [1.165, 1.54) is 0 Å². The van der Waals surface area contributed by atoms with E-state index in [9.17, 15) is 9.59 Å². The highest BCUT2D eigenvalue weighted by Crippen LogP contribution is 2.38. The van der Waals surface area contributed by atoms with Gasteiger partial charge in [-0.2, -0.15) is 0 Å². The Hall–Kier alpha value is -1.06. The second-order valence-corrected chi connectivity index (χ2v) is 5.21. The highest BCUT2D eigenvalue weighted by molar-refractivity contribution is 5.89. The van der Waals surface area contributed by atoms with Crippen LogP contribution in [0, 0.1) is 5.41 Å². The van der Waals surface area contributed by atoms with Crippen LogP contribution in [0.15, 0.2) is 0 Å². The number of carboxylic acids is 1. The number of nitrogens with one attached hydrogen (secondary N) is 1. The first-order chi connectivity index (χ1) is 7.34. The summed E-state index contributed by atoms with van der Waals surface area (Å²) in [6, 6.07) is 0. The molecule has 4 heteroatoms. The monoisotopic (exact) mass is 227 g/mol. The van der Waals surface area contributed by atoms with Crippen LogP contribution in [0.2, 0.25) is 0 Å². The Morgan fingerprint density at radius 2 is 1.88 bits per heavy atom. The molecule has 1 unspecified atom stereocenters. The summed E-state index contributed by atoms with van der Waals surface area (Å²) in [5.41, 5.74) is -1.51. The zero-order chi connectivity index (χ0) is 12.4. The summed E-state index contributed by atoms with van der Waals surface area (Å²) in [6.45, 7) is 5.25. The fourth-order valence-corrected chi connectivity index (χ4v) is 2.08. The average Bonchev–Trinajstić information content (AvgIpc) is 2.66. The molecule has 4 nitrogen and oxygen atoms in total. The van der Waals surface area contributed by atoms with E-state index in [0.717, 1.165) is 25.7 Å². The van der Waals surface area contributed by atoms with Crippen molar-refractivity contribution in [2.75, 3.05) is 0 Å². The molecule has 1 atom stereocenters. The summed E-state index contributed by atoms with van der Waals surface area (Å²) in [6.07, 6.45) is 4.22. The van der Waals surface area contributed by atoms with Gasteiger partial charge < -0.3 is 10.4 Å². The van der Waals surface area contributed by atoms with Crippen LogP contribution in [0.3, 0.4) is 0 Å². The van der Waals surface area contributed by atoms with Gasteiger partial charge in [0.25, 0.3) is 0 Å². The maximum absolute atomic E-state index is 12.1. The number of hydrogen-bond acceptors (Lipinski definition) is 2. The van der Waals surface area contributed by atoms with Crippen LogP contribution in [0.1, 0.15) is 52.9 Å². The van der Waals surface area contributed by atoms with E-state index in [2.05, 4.69) is 5.32 Å². The van der Waals surface area contributed by atoms with Gasteiger partial charge in [0.2, 0.25) is 5.91 Å². The van der Waals surface area contributed by atoms with Gasteiger partial charge in [-0.05, 0) is 26.2 Å². The molecule has 1 saturated carbocycles. The van der Waals surface area contributed by atoms with E-state index in [-0.39, 0.29) is 11.3 Å². The summed E-state index contributed by atoms with van der Waals surface area (Å²) in [5, 5.41) is 11.8. The minimum absolute atomic E-state index is 0.114. The van der Waals surface area contributed by atoms with Crippen LogP contribution in [0.25, 0.3) is 0 Å². The molecule has 1 aliphatic carbocycles. The van der Waals surface area contributed by atoms with Crippen molar-refractivity contribution in [2.24, 2.45) is 5.41 Å². The molecule has 0 heterocycles. The Bertz CT molecular complexity index is 295. The fourth-order valence-electron chi connectivity index (χ4n) is 2.08. The van der Waals surface area contributed by atoms with Crippen LogP contribution in [-0.2, 0) is 9.59 Å². The lowest BCUT2D eigenvalue weighted by atomic mass is 9.86. The number of rotatable bonds is 4. The average molecular weight is 227 g/mol. The van der Waals surface area contributed by atoms with Crippen molar-refractivity contribution < 1.29 is 14.7 Å². The van der Waals surface area contributed by atoms with Gasteiger partial charge in [0.05, 0.1) is 0 Å². The third-order valence-electron chi connectivity index (χ3n) is 3.82. The molecular weight excluding hydrogens is 206 g/mol. The SMILES string of the molecule is CCC(C)(NC(=O)C1(C)CCCC1)C(=O)O. The third-order valence-corrected chi connectivity index (χ3v) is 3.82. The van der Waals surface area contributed by atoms with Crippen molar-refractivity contribution in [3.05, 3.63) is 0 Å². The van der Waals surface area contributed by atoms with Crippen molar-refractivity contribution in [3.8, 4) is 0 Å². The fraction of sp³-hybridized carbons (Fsp3) is 0.833. The van der Waals surface area contributed by atoms with Crippen molar-refractivity contribution in [1.82, 2.24) is 5.32 Å². The van der Waals surface area contributed by atoms with Gasteiger partial charge in [0, 0.05) is 5.41 Å². The third kappa shape index (κ3) is 2.36. The zero-order valence-electron chi connectivity index (χ0n) is 10.3. The lowest BCUT2D eigenvalue weighted by Crippen LogP contribution is -2.55. The second kappa shape index (κ2) is 4.44. The molecule has 1 aliphatic rings. The molecular formula is C12H21NO3. The van der Waals surface area contributed by atoms with Crippen LogP contribution in [0.5, 0.6) is 0 Å². The minimum Gasteiger partial charge on any atom is -0.480 e. The largest absolute Gasteiger partial charge is 0.480 e. The first kappa shape index (κ1) is 13.0. The Labute approximate surface area is 96.4 Å². The summed E-state index contributed by atoms with van der Waals surface area (Å²) >= 11 is 0. The number of aliphatic carboxylic acids is 1. The minimum atomic E-state index is -1.14. The van der Waals surface area contributed by atoms with E-state index < -0.39 is 11.5 Å².